The Labute approximate surface area is 146 Å². The molecule has 4 aromatic rings. The maximum absolute atomic E-state index is 12.8. The van der Waals surface area contributed by atoms with Gasteiger partial charge in [-0.3, -0.25) is 19.0 Å². The lowest BCUT2D eigenvalue weighted by molar-refractivity contribution is -0.116. The first kappa shape index (κ1) is 14.7. The van der Waals surface area contributed by atoms with Gasteiger partial charge in [0.25, 0.3) is 5.56 Å². The van der Waals surface area contributed by atoms with E-state index in [1.54, 1.807) is 22.6 Å². The van der Waals surface area contributed by atoms with Gasteiger partial charge in [0.1, 0.15) is 11.6 Å². The smallest absolute Gasteiger partial charge is 0.258 e. The lowest BCUT2D eigenvalue weighted by Crippen LogP contribution is -2.32. The van der Waals surface area contributed by atoms with E-state index < -0.39 is 5.92 Å². The van der Waals surface area contributed by atoms with Gasteiger partial charge in [0.2, 0.25) is 11.7 Å². The summed E-state index contributed by atoms with van der Waals surface area (Å²) in [7, 11) is 0. The molecule has 2 aromatic carbocycles. The number of nitrogens with zero attached hydrogens (tertiary/aromatic N) is 2. The number of carbonyl (C=O) groups excluding carboxylic acids is 1. The van der Waals surface area contributed by atoms with Gasteiger partial charge in [-0.25, -0.2) is 4.98 Å². The van der Waals surface area contributed by atoms with Crippen LogP contribution >= 0.6 is 0 Å². The minimum absolute atomic E-state index is 0.0978. The highest BCUT2D eigenvalue weighted by Crippen LogP contribution is 2.36. The zero-order valence-electron chi connectivity index (χ0n) is 13.6. The maximum atomic E-state index is 12.8. The Balaban J connectivity index is 1.87. The van der Waals surface area contributed by atoms with E-state index in [-0.39, 0.29) is 23.6 Å². The minimum Gasteiger partial charge on any atom is -0.508 e. The molecule has 0 bridgehead atoms. The summed E-state index contributed by atoms with van der Waals surface area (Å²) in [6.07, 6.45) is 0.137. The molecule has 7 nitrogen and oxygen atoms in total. The molecule has 3 N–H and O–H groups in total. The molecule has 1 atom stereocenters. The number of amides is 1. The minimum atomic E-state index is -0.444. The van der Waals surface area contributed by atoms with E-state index in [0.717, 1.165) is 16.6 Å². The molecule has 2 aromatic heterocycles. The SMILES string of the molecule is O=C1CC(c2cccc(O)c2)c2c(n3c(nc4ccccc43)[nH]c2=O)N1. The van der Waals surface area contributed by atoms with Crippen LogP contribution in [-0.4, -0.2) is 25.4 Å². The first-order valence-electron chi connectivity index (χ1n) is 8.24. The summed E-state index contributed by atoms with van der Waals surface area (Å²) >= 11 is 0. The quantitative estimate of drug-likeness (QED) is 0.493. The van der Waals surface area contributed by atoms with Crippen molar-refractivity contribution in [2.75, 3.05) is 5.32 Å². The monoisotopic (exact) mass is 346 g/mol. The number of anilines is 1. The largest absolute Gasteiger partial charge is 0.508 e. The molecule has 0 radical (unpaired) electrons. The van der Waals surface area contributed by atoms with E-state index in [1.165, 1.54) is 0 Å². The van der Waals surface area contributed by atoms with Gasteiger partial charge in [-0.05, 0) is 29.8 Å². The van der Waals surface area contributed by atoms with Gasteiger partial charge < -0.3 is 10.4 Å². The van der Waals surface area contributed by atoms with E-state index in [9.17, 15) is 14.7 Å². The predicted octanol–water partition coefficient (Wildman–Crippen LogP) is 2.36. The molecule has 0 saturated carbocycles. The predicted molar refractivity (Wildman–Crippen MR) is 96.5 cm³/mol. The highest BCUT2D eigenvalue weighted by Gasteiger charge is 2.32. The van der Waals surface area contributed by atoms with Crippen LogP contribution in [0.4, 0.5) is 5.82 Å². The van der Waals surface area contributed by atoms with Crippen LogP contribution < -0.4 is 10.9 Å². The molecule has 0 saturated heterocycles. The topological polar surface area (TPSA) is 99.5 Å². The Kier molecular flexibility index (Phi) is 2.94. The van der Waals surface area contributed by atoms with Crippen LogP contribution in [0.5, 0.6) is 5.75 Å². The van der Waals surface area contributed by atoms with Gasteiger partial charge in [-0.1, -0.05) is 24.3 Å². The summed E-state index contributed by atoms with van der Waals surface area (Å²) in [5.74, 6) is 0.283. The summed E-state index contributed by atoms with van der Waals surface area (Å²) in [6.45, 7) is 0. The summed E-state index contributed by atoms with van der Waals surface area (Å²) in [4.78, 5) is 32.5. The third kappa shape index (κ3) is 2.03. The molecule has 1 aliphatic heterocycles. The number of aromatic hydroxyl groups is 1. The molecular formula is C19H14N4O3. The van der Waals surface area contributed by atoms with Crippen molar-refractivity contribution in [3.05, 3.63) is 70.0 Å². The number of phenolic OH excluding ortho intramolecular Hbond substituents is 1. The average molecular weight is 346 g/mol. The molecule has 0 spiro atoms. The zero-order valence-corrected chi connectivity index (χ0v) is 13.6. The molecule has 0 fully saturated rings. The van der Waals surface area contributed by atoms with Gasteiger partial charge in [0, 0.05) is 12.3 Å². The van der Waals surface area contributed by atoms with Gasteiger partial charge in [-0.15, -0.1) is 0 Å². The number of carbonyl (C=O) groups is 1. The third-order valence-electron chi connectivity index (χ3n) is 4.78. The fraction of sp³-hybridized carbons (Fsp3) is 0.105. The first-order valence-corrected chi connectivity index (χ1v) is 8.24. The molecule has 128 valence electrons. The van der Waals surface area contributed by atoms with Gasteiger partial charge >= 0.3 is 0 Å². The standard InChI is InChI=1S/C19H14N4O3/c24-11-5-3-4-10(8-11)12-9-15(25)21-17-16(12)18(26)22-19-20-13-6-1-2-7-14(13)23(17)19/h1-8,12,24H,9H2,(H,21,25)(H,20,22,26). The Morgan fingerprint density at radius 1 is 1.12 bits per heavy atom. The number of imidazole rings is 1. The molecule has 1 unspecified atom stereocenters. The number of benzene rings is 2. The van der Waals surface area contributed by atoms with Crippen molar-refractivity contribution in [1.29, 1.82) is 0 Å². The Hall–Kier alpha value is -3.61. The van der Waals surface area contributed by atoms with Crippen molar-refractivity contribution in [1.82, 2.24) is 14.4 Å². The summed E-state index contributed by atoms with van der Waals surface area (Å²) < 4.78 is 1.76. The van der Waals surface area contributed by atoms with Crippen LogP contribution in [0.3, 0.4) is 0 Å². The van der Waals surface area contributed by atoms with Crippen LogP contribution in [0.1, 0.15) is 23.5 Å². The van der Waals surface area contributed by atoms with Crippen LogP contribution in [-0.2, 0) is 4.79 Å². The van der Waals surface area contributed by atoms with E-state index >= 15 is 0 Å². The number of rotatable bonds is 1. The van der Waals surface area contributed by atoms with Crippen LogP contribution in [0, 0.1) is 0 Å². The number of fused-ring (bicyclic) bond motifs is 5. The second kappa shape index (κ2) is 5.19. The van der Waals surface area contributed by atoms with Crippen molar-refractivity contribution in [2.24, 2.45) is 0 Å². The first-order chi connectivity index (χ1) is 12.6. The number of nitrogens with one attached hydrogen (secondary N) is 2. The lowest BCUT2D eigenvalue weighted by atomic mass is 9.86. The molecule has 3 heterocycles. The number of para-hydroxylation sites is 2. The molecule has 1 amide bonds. The Bertz CT molecular complexity index is 1250. The van der Waals surface area contributed by atoms with Crippen molar-refractivity contribution in [2.45, 2.75) is 12.3 Å². The van der Waals surface area contributed by atoms with Gasteiger partial charge in [-0.2, -0.15) is 0 Å². The highest BCUT2D eigenvalue weighted by molar-refractivity contribution is 5.96. The fourth-order valence-electron chi connectivity index (χ4n) is 3.68. The van der Waals surface area contributed by atoms with Gasteiger partial charge in [0.15, 0.2) is 0 Å². The van der Waals surface area contributed by atoms with Crippen molar-refractivity contribution in [3.8, 4) is 5.75 Å². The van der Waals surface area contributed by atoms with E-state index in [2.05, 4.69) is 15.3 Å². The van der Waals surface area contributed by atoms with Crippen LogP contribution in [0.15, 0.2) is 53.3 Å². The summed E-state index contributed by atoms with van der Waals surface area (Å²) in [5.41, 5.74) is 2.41. The molecule has 1 aliphatic rings. The van der Waals surface area contributed by atoms with Crippen LogP contribution in [0.2, 0.25) is 0 Å². The maximum Gasteiger partial charge on any atom is 0.258 e. The van der Waals surface area contributed by atoms with Crippen molar-refractivity contribution in [3.63, 3.8) is 0 Å². The third-order valence-corrected chi connectivity index (χ3v) is 4.78. The molecule has 5 rings (SSSR count). The number of hydrogen-bond acceptors (Lipinski definition) is 4. The number of H-pyrrole nitrogens is 1. The van der Waals surface area contributed by atoms with E-state index in [1.807, 2.05) is 30.3 Å². The number of phenols is 1. The van der Waals surface area contributed by atoms with E-state index in [4.69, 9.17) is 0 Å². The second-order valence-electron chi connectivity index (χ2n) is 6.38. The summed E-state index contributed by atoms with van der Waals surface area (Å²) in [6, 6.07) is 14.1. The molecule has 26 heavy (non-hydrogen) atoms. The van der Waals surface area contributed by atoms with Crippen molar-refractivity contribution < 1.29 is 9.90 Å². The highest BCUT2D eigenvalue weighted by atomic mass is 16.3. The summed E-state index contributed by atoms with van der Waals surface area (Å²) in [5, 5.41) is 12.6. The lowest BCUT2D eigenvalue weighted by Gasteiger charge is -2.25. The normalized spacial score (nSPS) is 16.6. The average Bonchev–Trinajstić information content (AvgIpc) is 2.99. The van der Waals surface area contributed by atoms with Crippen LogP contribution in [0.25, 0.3) is 16.8 Å². The number of aromatic nitrogens is 3. The number of hydrogen-bond donors (Lipinski definition) is 3. The van der Waals surface area contributed by atoms with Gasteiger partial charge in [0.05, 0.1) is 16.6 Å². The second-order valence-corrected chi connectivity index (χ2v) is 6.38. The molecule has 0 aliphatic carbocycles. The van der Waals surface area contributed by atoms with Crippen molar-refractivity contribution >= 4 is 28.5 Å². The zero-order chi connectivity index (χ0) is 17.8. The fourth-order valence-corrected chi connectivity index (χ4v) is 3.68. The Morgan fingerprint density at radius 3 is 2.81 bits per heavy atom. The number of aromatic amines is 1. The van der Waals surface area contributed by atoms with E-state index in [0.29, 0.717) is 17.2 Å². The Morgan fingerprint density at radius 2 is 1.96 bits per heavy atom. The molecular weight excluding hydrogens is 332 g/mol. The molecule has 7 heteroatoms.